The van der Waals surface area contributed by atoms with E-state index in [4.69, 9.17) is 0 Å². The number of rotatable bonds is 2. The molecular weight excluding hydrogens is 196 g/mol. The third-order valence-corrected chi connectivity index (χ3v) is 3.29. The summed E-state index contributed by atoms with van der Waals surface area (Å²) in [6.07, 6.45) is 2.02. The van der Waals surface area contributed by atoms with Gasteiger partial charge in [0.2, 0.25) is 0 Å². The van der Waals surface area contributed by atoms with Crippen LogP contribution in [0.5, 0.6) is 0 Å². The summed E-state index contributed by atoms with van der Waals surface area (Å²) >= 11 is 0. The first-order valence-electron chi connectivity index (χ1n) is 6.00. The van der Waals surface area contributed by atoms with Gasteiger partial charge in [0, 0.05) is 12.2 Å². The Balaban J connectivity index is 2.37. The zero-order valence-electron chi connectivity index (χ0n) is 9.98. The van der Waals surface area contributed by atoms with Crippen LogP contribution in [0, 0.1) is 17.2 Å². The van der Waals surface area contributed by atoms with E-state index >= 15 is 0 Å². The average molecular weight is 214 g/mol. The fourth-order valence-electron chi connectivity index (χ4n) is 2.51. The number of para-hydroxylation sites is 1. The van der Waals surface area contributed by atoms with E-state index in [-0.39, 0.29) is 6.04 Å². The molecule has 0 aliphatic carbocycles. The molecule has 2 heteroatoms. The van der Waals surface area contributed by atoms with E-state index in [9.17, 15) is 5.26 Å². The Hall–Kier alpha value is -1.49. The molecule has 0 amide bonds. The predicted octanol–water partition coefficient (Wildman–Crippen LogP) is 2.99. The molecule has 1 heterocycles. The first-order valence-corrected chi connectivity index (χ1v) is 6.00. The molecule has 1 aliphatic rings. The van der Waals surface area contributed by atoms with E-state index < -0.39 is 0 Å². The summed E-state index contributed by atoms with van der Waals surface area (Å²) < 4.78 is 0. The van der Waals surface area contributed by atoms with Gasteiger partial charge in [-0.3, -0.25) is 0 Å². The van der Waals surface area contributed by atoms with E-state index in [0.717, 1.165) is 19.4 Å². The van der Waals surface area contributed by atoms with Crippen LogP contribution in [0.15, 0.2) is 24.3 Å². The molecule has 0 aromatic heterocycles. The zero-order valence-corrected chi connectivity index (χ0v) is 9.98. The third kappa shape index (κ3) is 1.90. The lowest BCUT2D eigenvalue weighted by Crippen LogP contribution is -2.41. The van der Waals surface area contributed by atoms with Crippen molar-refractivity contribution < 1.29 is 0 Å². The second-order valence-electron chi connectivity index (χ2n) is 4.64. The number of fused-ring (bicyclic) bond motifs is 1. The van der Waals surface area contributed by atoms with Crippen LogP contribution in [-0.4, -0.2) is 12.6 Å². The van der Waals surface area contributed by atoms with Gasteiger partial charge in [-0.1, -0.05) is 32.0 Å². The van der Waals surface area contributed by atoms with Crippen LogP contribution in [-0.2, 0) is 6.42 Å². The van der Waals surface area contributed by atoms with Crippen LogP contribution < -0.4 is 4.90 Å². The van der Waals surface area contributed by atoms with E-state index in [1.807, 2.05) is 0 Å². The average Bonchev–Trinajstić information content (AvgIpc) is 2.30. The molecule has 1 aromatic rings. The summed E-state index contributed by atoms with van der Waals surface area (Å²) in [7, 11) is 0. The maximum atomic E-state index is 9.20. The minimum absolute atomic E-state index is 0.0175. The van der Waals surface area contributed by atoms with Gasteiger partial charge in [0.25, 0.3) is 0 Å². The van der Waals surface area contributed by atoms with Gasteiger partial charge in [0.15, 0.2) is 0 Å². The SMILES string of the molecule is CCC(C#N)N1CC(C)Cc2ccccc21. The van der Waals surface area contributed by atoms with Crippen molar-refractivity contribution in [3.8, 4) is 6.07 Å². The maximum absolute atomic E-state index is 9.20. The highest BCUT2D eigenvalue weighted by Crippen LogP contribution is 2.31. The first kappa shape index (κ1) is 11.0. The van der Waals surface area contributed by atoms with Crippen molar-refractivity contribution in [2.75, 3.05) is 11.4 Å². The van der Waals surface area contributed by atoms with E-state index in [1.165, 1.54) is 11.3 Å². The molecule has 2 unspecified atom stereocenters. The van der Waals surface area contributed by atoms with Gasteiger partial charge in [0.1, 0.15) is 6.04 Å². The molecule has 2 atom stereocenters. The van der Waals surface area contributed by atoms with E-state index in [1.54, 1.807) is 0 Å². The Morgan fingerprint density at radius 2 is 2.25 bits per heavy atom. The molecular formula is C14H18N2. The molecule has 0 saturated carbocycles. The van der Waals surface area contributed by atoms with Crippen LogP contribution in [0.25, 0.3) is 0 Å². The molecule has 84 valence electrons. The van der Waals surface area contributed by atoms with Crippen LogP contribution in [0.1, 0.15) is 25.8 Å². The van der Waals surface area contributed by atoms with Gasteiger partial charge in [-0.25, -0.2) is 0 Å². The number of hydrogen-bond acceptors (Lipinski definition) is 2. The normalized spacial score (nSPS) is 21.1. The Bertz CT molecular complexity index is 405. The van der Waals surface area contributed by atoms with Gasteiger partial charge in [-0.05, 0) is 30.4 Å². The molecule has 0 bridgehead atoms. The molecule has 1 aliphatic heterocycles. The van der Waals surface area contributed by atoms with Crippen molar-refractivity contribution in [3.05, 3.63) is 29.8 Å². The van der Waals surface area contributed by atoms with Crippen molar-refractivity contribution in [1.82, 2.24) is 0 Å². The van der Waals surface area contributed by atoms with Crippen LogP contribution in [0.3, 0.4) is 0 Å². The summed E-state index contributed by atoms with van der Waals surface area (Å²) in [5, 5.41) is 9.20. The molecule has 1 aromatic carbocycles. The van der Waals surface area contributed by atoms with E-state index in [2.05, 4.69) is 49.1 Å². The lowest BCUT2D eigenvalue weighted by Gasteiger charge is -2.37. The Morgan fingerprint density at radius 3 is 2.94 bits per heavy atom. The molecule has 2 rings (SSSR count). The number of hydrogen-bond donors (Lipinski definition) is 0. The van der Waals surface area contributed by atoms with Crippen LogP contribution in [0.2, 0.25) is 0 Å². The van der Waals surface area contributed by atoms with Crippen LogP contribution in [0.4, 0.5) is 5.69 Å². The molecule has 2 nitrogen and oxygen atoms in total. The van der Waals surface area contributed by atoms with Crippen molar-refractivity contribution in [1.29, 1.82) is 5.26 Å². The smallest absolute Gasteiger partial charge is 0.116 e. The summed E-state index contributed by atoms with van der Waals surface area (Å²) in [6.45, 7) is 5.34. The number of anilines is 1. The predicted molar refractivity (Wildman–Crippen MR) is 66.3 cm³/mol. The standard InChI is InChI=1S/C14H18N2/c1-3-13(9-15)16-10-11(2)8-12-6-4-5-7-14(12)16/h4-7,11,13H,3,8,10H2,1-2H3. The summed E-state index contributed by atoms with van der Waals surface area (Å²) in [4.78, 5) is 2.27. The summed E-state index contributed by atoms with van der Waals surface area (Å²) in [5.74, 6) is 0.636. The fourth-order valence-corrected chi connectivity index (χ4v) is 2.51. The zero-order chi connectivity index (χ0) is 11.5. The highest BCUT2D eigenvalue weighted by atomic mass is 15.2. The highest BCUT2D eigenvalue weighted by molar-refractivity contribution is 5.57. The quantitative estimate of drug-likeness (QED) is 0.756. The third-order valence-electron chi connectivity index (χ3n) is 3.29. The Kier molecular flexibility index (Phi) is 3.14. The van der Waals surface area contributed by atoms with Gasteiger partial charge < -0.3 is 4.90 Å². The van der Waals surface area contributed by atoms with Crippen molar-refractivity contribution in [3.63, 3.8) is 0 Å². The molecule has 0 N–H and O–H groups in total. The van der Waals surface area contributed by atoms with Crippen molar-refractivity contribution in [2.45, 2.75) is 32.7 Å². The van der Waals surface area contributed by atoms with Crippen molar-refractivity contribution >= 4 is 5.69 Å². The summed E-state index contributed by atoms with van der Waals surface area (Å²) in [5.41, 5.74) is 2.64. The maximum Gasteiger partial charge on any atom is 0.116 e. The van der Waals surface area contributed by atoms with Gasteiger partial charge >= 0.3 is 0 Å². The minimum atomic E-state index is 0.0175. The second kappa shape index (κ2) is 4.57. The van der Waals surface area contributed by atoms with Gasteiger partial charge in [-0.2, -0.15) is 5.26 Å². The minimum Gasteiger partial charge on any atom is -0.355 e. The molecule has 0 saturated heterocycles. The molecule has 0 spiro atoms. The monoisotopic (exact) mass is 214 g/mol. The van der Waals surface area contributed by atoms with Gasteiger partial charge in [-0.15, -0.1) is 0 Å². The first-order chi connectivity index (χ1) is 7.76. The second-order valence-corrected chi connectivity index (χ2v) is 4.64. The Morgan fingerprint density at radius 1 is 1.50 bits per heavy atom. The van der Waals surface area contributed by atoms with Gasteiger partial charge in [0.05, 0.1) is 6.07 Å². The van der Waals surface area contributed by atoms with E-state index in [0.29, 0.717) is 5.92 Å². The number of benzene rings is 1. The lowest BCUT2D eigenvalue weighted by atomic mass is 9.92. The summed E-state index contributed by atoms with van der Waals surface area (Å²) in [6, 6.07) is 10.9. The molecule has 0 fully saturated rings. The highest BCUT2D eigenvalue weighted by Gasteiger charge is 2.25. The van der Waals surface area contributed by atoms with Crippen LogP contribution >= 0.6 is 0 Å². The largest absolute Gasteiger partial charge is 0.355 e. The van der Waals surface area contributed by atoms with Crippen molar-refractivity contribution in [2.24, 2.45) is 5.92 Å². The lowest BCUT2D eigenvalue weighted by molar-refractivity contribution is 0.506. The topological polar surface area (TPSA) is 27.0 Å². The number of nitriles is 1. The Labute approximate surface area is 97.5 Å². The fraction of sp³-hybridized carbons (Fsp3) is 0.500. The number of nitrogens with zero attached hydrogens (tertiary/aromatic N) is 2. The molecule has 0 radical (unpaired) electrons. The molecule has 16 heavy (non-hydrogen) atoms.